The molecule has 4 rings (SSSR count). The molecule has 1 atom stereocenters. The first-order valence-electron chi connectivity index (χ1n) is 9.01. The number of hydrogen-bond donors (Lipinski definition) is 1. The van der Waals surface area contributed by atoms with Gasteiger partial charge in [0.25, 0.3) is 11.5 Å². The number of amides is 1. The van der Waals surface area contributed by atoms with Gasteiger partial charge < -0.3 is 10.1 Å². The second kappa shape index (κ2) is 7.25. The lowest BCUT2D eigenvalue weighted by Gasteiger charge is -2.11. The Bertz CT molecular complexity index is 1060. The number of fused-ring (bicyclic) bond motifs is 1. The number of anilines is 1. The monoisotopic (exact) mass is 383 g/mol. The van der Waals surface area contributed by atoms with Crippen LogP contribution in [0.2, 0.25) is 0 Å². The smallest absolute Gasteiger partial charge is 0.266 e. The van der Waals surface area contributed by atoms with Gasteiger partial charge in [-0.3, -0.25) is 14.2 Å². The summed E-state index contributed by atoms with van der Waals surface area (Å²) in [5, 5.41) is 3.43. The number of aryl methyl sites for hydroxylation is 2. The van der Waals surface area contributed by atoms with E-state index in [1.165, 1.54) is 11.3 Å². The largest absolute Gasteiger partial charge is 0.376 e. The summed E-state index contributed by atoms with van der Waals surface area (Å²) in [6.45, 7) is 5.03. The van der Waals surface area contributed by atoms with Crippen LogP contribution in [0, 0.1) is 13.8 Å². The number of carbonyl (C=O) groups excluding carboxylic acids is 1. The van der Waals surface area contributed by atoms with Crippen LogP contribution >= 0.6 is 11.3 Å². The number of thiophene rings is 1. The van der Waals surface area contributed by atoms with Gasteiger partial charge in [-0.1, -0.05) is 12.1 Å². The molecule has 1 aliphatic heterocycles. The van der Waals surface area contributed by atoms with E-state index in [1.807, 2.05) is 38.1 Å². The summed E-state index contributed by atoms with van der Waals surface area (Å²) in [5.41, 5.74) is 2.37. The lowest BCUT2D eigenvalue weighted by atomic mass is 10.2. The molecule has 27 heavy (non-hydrogen) atoms. The van der Waals surface area contributed by atoms with Gasteiger partial charge in [0.2, 0.25) is 0 Å². The standard InChI is InChI=1S/C20H21N3O3S/c1-12-5-3-6-14(9-12)22-18(24)17-13(2)16-19(27-17)21-11-23(20(16)25)10-15-7-4-8-26-15/h3,5-6,9,11,15H,4,7-8,10H2,1-2H3,(H,22,24)/t15-/m1/s1. The number of carbonyl (C=O) groups is 1. The average molecular weight is 383 g/mol. The number of nitrogens with one attached hydrogen (secondary N) is 1. The topological polar surface area (TPSA) is 73.2 Å². The van der Waals surface area contributed by atoms with Gasteiger partial charge >= 0.3 is 0 Å². The molecule has 1 fully saturated rings. The van der Waals surface area contributed by atoms with Crippen LogP contribution in [0.15, 0.2) is 35.4 Å². The third-order valence-electron chi connectivity index (χ3n) is 4.82. The van der Waals surface area contributed by atoms with E-state index in [1.54, 1.807) is 10.9 Å². The molecule has 0 radical (unpaired) electrons. The first-order valence-corrected chi connectivity index (χ1v) is 9.83. The van der Waals surface area contributed by atoms with Gasteiger partial charge in [-0.25, -0.2) is 4.98 Å². The van der Waals surface area contributed by atoms with Crippen molar-refractivity contribution in [1.82, 2.24) is 9.55 Å². The highest BCUT2D eigenvalue weighted by Gasteiger charge is 2.22. The molecule has 6 nitrogen and oxygen atoms in total. The highest BCUT2D eigenvalue weighted by atomic mass is 32.1. The highest BCUT2D eigenvalue weighted by molar-refractivity contribution is 7.20. The molecule has 0 spiro atoms. The highest BCUT2D eigenvalue weighted by Crippen LogP contribution is 2.28. The van der Waals surface area contributed by atoms with Crippen molar-refractivity contribution in [1.29, 1.82) is 0 Å². The van der Waals surface area contributed by atoms with Gasteiger partial charge in [-0.2, -0.15) is 0 Å². The van der Waals surface area contributed by atoms with E-state index >= 15 is 0 Å². The Labute approximate surface area is 160 Å². The van der Waals surface area contributed by atoms with Crippen LogP contribution < -0.4 is 10.9 Å². The van der Waals surface area contributed by atoms with Crippen LogP contribution in [0.3, 0.4) is 0 Å². The minimum Gasteiger partial charge on any atom is -0.376 e. The molecule has 0 unspecified atom stereocenters. The molecule has 1 N–H and O–H groups in total. The summed E-state index contributed by atoms with van der Waals surface area (Å²) in [4.78, 5) is 31.2. The maximum absolute atomic E-state index is 12.9. The van der Waals surface area contributed by atoms with Crippen molar-refractivity contribution in [2.45, 2.75) is 39.3 Å². The first-order chi connectivity index (χ1) is 13.0. The molecule has 7 heteroatoms. The lowest BCUT2D eigenvalue weighted by molar-refractivity contribution is 0.0960. The summed E-state index contributed by atoms with van der Waals surface area (Å²) < 4.78 is 7.22. The van der Waals surface area contributed by atoms with Crippen molar-refractivity contribution in [3.63, 3.8) is 0 Å². The van der Waals surface area contributed by atoms with Crippen LogP contribution in [0.1, 0.15) is 33.6 Å². The summed E-state index contributed by atoms with van der Waals surface area (Å²) in [6, 6.07) is 7.63. The van der Waals surface area contributed by atoms with Gasteiger partial charge in [0.15, 0.2) is 0 Å². The van der Waals surface area contributed by atoms with E-state index in [0.29, 0.717) is 27.2 Å². The molecular formula is C20H21N3O3S. The van der Waals surface area contributed by atoms with E-state index in [2.05, 4.69) is 10.3 Å². The van der Waals surface area contributed by atoms with E-state index in [0.717, 1.165) is 30.7 Å². The van der Waals surface area contributed by atoms with Crippen molar-refractivity contribution in [3.8, 4) is 0 Å². The van der Waals surface area contributed by atoms with Gasteiger partial charge in [0.1, 0.15) is 4.83 Å². The summed E-state index contributed by atoms with van der Waals surface area (Å²) in [5.74, 6) is -0.217. The van der Waals surface area contributed by atoms with E-state index in [4.69, 9.17) is 4.74 Å². The first kappa shape index (κ1) is 17.9. The van der Waals surface area contributed by atoms with Crippen molar-refractivity contribution >= 4 is 33.1 Å². The quantitative estimate of drug-likeness (QED) is 0.748. The number of aromatic nitrogens is 2. The Hall–Kier alpha value is -2.51. The van der Waals surface area contributed by atoms with E-state index < -0.39 is 0 Å². The minimum atomic E-state index is -0.217. The van der Waals surface area contributed by atoms with Gasteiger partial charge in [-0.15, -0.1) is 11.3 Å². The molecule has 1 aliphatic rings. The summed E-state index contributed by atoms with van der Waals surface area (Å²) in [6.07, 6.45) is 3.60. The molecule has 3 heterocycles. The molecule has 1 saturated heterocycles. The van der Waals surface area contributed by atoms with Crippen LogP contribution in [-0.4, -0.2) is 28.2 Å². The van der Waals surface area contributed by atoms with Crippen molar-refractivity contribution in [3.05, 3.63) is 57.0 Å². The van der Waals surface area contributed by atoms with Crippen LogP contribution in [0.25, 0.3) is 10.2 Å². The summed E-state index contributed by atoms with van der Waals surface area (Å²) in [7, 11) is 0. The molecule has 0 saturated carbocycles. The third-order valence-corrected chi connectivity index (χ3v) is 6.02. The van der Waals surface area contributed by atoms with Gasteiger partial charge in [0.05, 0.1) is 29.2 Å². The summed E-state index contributed by atoms with van der Waals surface area (Å²) >= 11 is 1.25. The Morgan fingerprint density at radius 3 is 3.00 bits per heavy atom. The van der Waals surface area contributed by atoms with E-state index in [9.17, 15) is 9.59 Å². The maximum atomic E-state index is 12.9. The third kappa shape index (κ3) is 3.52. The van der Waals surface area contributed by atoms with Crippen molar-refractivity contribution < 1.29 is 9.53 Å². The molecular weight excluding hydrogens is 362 g/mol. The van der Waals surface area contributed by atoms with E-state index in [-0.39, 0.29) is 17.6 Å². The molecule has 1 amide bonds. The molecule has 2 aromatic heterocycles. The van der Waals surface area contributed by atoms with Crippen LogP contribution in [0.4, 0.5) is 5.69 Å². The Morgan fingerprint density at radius 2 is 2.26 bits per heavy atom. The Balaban J connectivity index is 1.66. The van der Waals surface area contributed by atoms with Gasteiger partial charge in [-0.05, 0) is 49.9 Å². The second-order valence-corrected chi connectivity index (χ2v) is 7.90. The molecule has 0 aliphatic carbocycles. The Morgan fingerprint density at radius 1 is 1.41 bits per heavy atom. The number of hydrogen-bond acceptors (Lipinski definition) is 5. The zero-order chi connectivity index (χ0) is 19.0. The zero-order valence-corrected chi connectivity index (χ0v) is 16.1. The number of rotatable bonds is 4. The molecule has 140 valence electrons. The fourth-order valence-electron chi connectivity index (χ4n) is 3.42. The normalized spacial score (nSPS) is 16.7. The second-order valence-electron chi connectivity index (χ2n) is 6.90. The SMILES string of the molecule is Cc1cccc(NC(=O)c2sc3ncn(C[C@H]4CCCO4)c(=O)c3c2C)c1. The van der Waals surface area contributed by atoms with Crippen LogP contribution in [0.5, 0.6) is 0 Å². The lowest BCUT2D eigenvalue weighted by Crippen LogP contribution is -2.26. The van der Waals surface area contributed by atoms with Crippen molar-refractivity contribution in [2.24, 2.45) is 0 Å². The fourth-order valence-corrected chi connectivity index (χ4v) is 4.46. The maximum Gasteiger partial charge on any atom is 0.266 e. The molecule has 3 aromatic rings. The predicted octanol–water partition coefficient (Wildman–Crippen LogP) is 3.51. The zero-order valence-electron chi connectivity index (χ0n) is 15.3. The number of nitrogens with zero attached hydrogens (tertiary/aromatic N) is 2. The molecule has 1 aromatic carbocycles. The van der Waals surface area contributed by atoms with Gasteiger partial charge in [0, 0.05) is 12.3 Å². The number of benzene rings is 1. The predicted molar refractivity (Wildman–Crippen MR) is 107 cm³/mol. The number of ether oxygens (including phenoxy) is 1. The van der Waals surface area contributed by atoms with Crippen molar-refractivity contribution in [2.75, 3.05) is 11.9 Å². The average Bonchev–Trinajstić information content (AvgIpc) is 3.25. The molecule has 0 bridgehead atoms. The van der Waals surface area contributed by atoms with Crippen LogP contribution in [-0.2, 0) is 11.3 Å². The fraction of sp³-hybridized carbons (Fsp3) is 0.350. The minimum absolute atomic E-state index is 0.0602. The Kier molecular flexibility index (Phi) is 4.80.